The molecule has 2 saturated carbocycles. The summed E-state index contributed by atoms with van der Waals surface area (Å²) >= 11 is 0. The van der Waals surface area contributed by atoms with E-state index in [1.165, 1.54) is 53.4 Å². The van der Waals surface area contributed by atoms with E-state index in [4.69, 9.17) is 0 Å². The SMILES string of the molecule is C.C.CC(C(C)(C)C)C(F)(F)F.CC(C)(C)C(C)(C)C.CC(C)(C)C(F)(F)F.CC(C)(C)C1(C)CC1.CC(C)(C)C1(C)CC1.CC(C)(C)OC(F)(F)F. The molecule has 0 amide bonds. The smallest absolute Gasteiger partial charge is 0.286 e. The third-order valence-corrected chi connectivity index (χ3v) is 10.9. The summed E-state index contributed by atoms with van der Waals surface area (Å²) in [5.41, 5.74) is -0.0382. The summed E-state index contributed by atoms with van der Waals surface area (Å²) in [7, 11) is 0. The van der Waals surface area contributed by atoms with Crippen LogP contribution in [0.1, 0.15) is 207 Å². The minimum Gasteiger partial charge on any atom is -0.286 e. The third kappa shape index (κ3) is 31.1. The Hall–Kier alpha value is -0.670. The average molecular weight is 793 g/mol. The lowest BCUT2D eigenvalue weighted by molar-refractivity contribution is -0.358. The van der Waals surface area contributed by atoms with Crippen LogP contribution < -0.4 is 0 Å². The van der Waals surface area contributed by atoms with Crippen LogP contribution in [0.3, 0.4) is 0 Å². The largest absolute Gasteiger partial charge is 0.523 e. The van der Waals surface area contributed by atoms with Crippen molar-refractivity contribution in [1.82, 2.24) is 0 Å². The molecule has 0 radical (unpaired) electrons. The van der Waals surface area contributed by atoms with E-state index < -0.39 is 41.1 Å². The van der Waals surface area contributed by atoms with Crippen molar-refractivity contribution >= 4 is 0 Å². The van der Waals surface area contributed by atoms with Crippen LogP contribution in [0.5, 0.6) is 0 Å². The molecule has 0 saturated heterocycles. The quantitative estimate of drug-likeness (QED) is 0.222. The summed E-state index contributed by atoms with van der Waals surface area (Å²) in [5.74, 6) is -1.24. The number of hydrogen-bond donors (Lipinski definition) is 0. The second-order valence-corrected chi connectivity index (χ2v) is 22.2. The van der Waals surface area contributed by atoms with Crippen molar-refractivity contribution in [2.45, 2.75) is 231 Å². The van der Waals surface area contributed by atoms with Crippen LogP contribution in [0, 0.1) is 49.2 Å². The highest BCUT2D eigenvalue weighted by Gasteiger charge is 2.48. The van der Waals surface area contributed by atoms with Crippen molar-refractivity contribution in [1.29, 1.82) is 0 Å². The lowest BCUT2D eigenvalue weighted by atomic mass is 9.71. The van der Waals surface area contributed by atoms with Crippen LogP contribution in [-0.2, 0) is 4.74 Å². The van der Waals surface area contributed by atoms with Crippen LogP contribution in [0.4, 0.5) is 39.5 Å². The highest BCUT2D eigenvalue weighted by atomic mass is 19.4. The molecule has 2 aliphatic carbocycles. The first-order chi connectivity index (χ1) is 21.3. The van der Waals surface area contributed by atoms with E-state index >= 15 is 0 Å². The van der Waals surface area contributed by atoms with Crippen LogP contribution in [-0.4, -0.2) is 24.3 Å². The Balaban J connectivity index is -0.000000124. The van der Waals surface area contributed by atoms with Crippen molar-refractivity contribution < 1.29 is 44.3 Å². The van der Waals surface area contributed by atoms with Gasteiger partial charge in [0.2, 0.25) is 0 Å². The van der Waals surface area contributed by atoms with Gasteiger partial charge in [-0.1, -0.05) is 160 Å². The van der Waals surface area contributed by atoms with E-state index in [1.54, 1.807) is 20.8 Å². The zero-order valence-electron chi connectivity index (χ0n) is 37.2. The second-order valence-electron chi connectivity index (χ2n) is 22.2. The summed E-state index contributed by atoms with van der Waals surface area (Å²) in [5, 5.41) is 0. The van der Waals surface area contributed by atoms with Gasteiger partial charge in [0.25, 0.3) is 0 Å². The van der Waals surface area contributed by atoms with E-state index in [1.807, 2.05) is 0 Å². The maximum atomic E-state index is 11.9. The molecule has 0 bridgehead atoms. The summed E-state index contributed by atoms with van der Waals surface area (Å²) < 4.78 is 108. The van der Waals surface area contributed by atoms with Gasteiger partial charge in [0.15, 0.2) is 0 Å². The summed E-state index contributed by atoms with van der Waals surface area (Å²) in [6.07, 6.45) is -6.87. The van der Waals surface area contributed by atoms with Crippen LogP contribution >= 0.6 is 0 Å². The summed E-state index contributed by atoms with van der Waals surface area (Å²) in [6.45, 7) is 45.8. The lowest BCUT2D eigenvalue weighted by Crippen LogP contribution is -2.31. The molecule has 0 aromatic carbocycles. The van der Waals surface area contributed by atoms with Crippen molar-refractivity contribution in [2.75, 3.05) is 0 Å². The second kappa shape index (κ2) is 20.7. The van der Waals surface area contributed by atoms with Crippen molar-refractivity contribution in [3.05, 3.63) is 0 Å². The Morgan fingerprint density at radius 1 is 0.434 bits per heavy atom. The predicted molar refractivity (Wildman–Crippen MR) is 213 cm³/mol. The molecule has 2 aliphatic rings. The molecular formula is C43H89F9O. The van der Waals surface area contributed by atoms with E-state index in [-0.39, 0.29) is 14.9 Å². The van der Waals surface area contributed by atoms with Gasteiger partial charge in [0.05, 0.1) is 16.9 Å². The molecule has 0 spiro atoms. The molecule has 2 rings (SSSR count). The Labute approximate surface area is 324 Å². The molecule has 0 N–H and O–H groups in total. The Kier molecular flexibility index (Phi) is 25.0. The molecule has 53 heavy (non-hydrogen) atoms. The Morgan fingerprint density at radius 2 is 0.642 bits per heavy atom. The van der Waals surface area contributed by atoms with Crippen LogP contribution in [0.15, 0.2) is 0 Å². The normalized spacial score (nSPS) is 17.6. The summed E-state index contributed by atoms with van der Waals surface area (Å²) in [4.78, 5) is 0. The van der Waals surface area contributed by atoms with E-state index in [2.05, 4.69) is 102 Å². The lowest BCUT2D eigenvalue weighted by Gasteiger charge is -2.34. The van der Waals surface area contributed by atoms with Gasteiger partial charge in [0, 0.05) is 0 Å². The zero-order valence-corrected chi connectivity index (χ0v) is 37.2. The van der Waals surface area contributed by atoms with Gasteiger partial charge in [-0.05, 0) is 84.4 Å². The number of alkyl halides is 9. The molecule has 2 fully saturated rings. The fraction of sp³-hybridized carbons (Fsp3) is 1.00. The fourth-order valence-corrected chi connectivity index (χ4v) is 2.71. The van der Waals surface area contributed by atoms with Crippen molar-refractivity contribution in [3.63, 3.8) is 0 Å². The molecule has 1 unspecified atom stereocenters. The number of hydrogen-bond acceptors (Lipinski definition) is 1. The van der Waals surface area contributed by atoms with Gasteiger partial charge in [0.1, 0.15) is 0 Å². The fourth-order valence-electron chi connectivity index (χ4n) is 2.71. The van der Waals surface area contributed by atoms with Gasteiger partial charge < -0.3 is 0 Å². The van der Waals surface area contributed by atoms with E-state index in [0.717, 1.165) is 20.8 Å². The number of halogens is 9. The van der Waals surface area contributed by atoms with Gasteiger partial charge in [-0.2, -0.15) is 26.3 Å². The molecule has 0 heterocycles. The van der Waals surface area contributed by atoms with E-state index in [9.17, 15) is 39.5 Å². The number of rotatable bonds is 0. The zero-order chi connectivity index (χ0) is 43.1. The first kappa shape index (κ1) is 64.2. The minimum absolute atomic E-state index is 0. The van der Waals surface area contributed by atoms with Gasteiger partial charge in [-0.25, -0.2) is 0 Å². The Morgan fingerprint density at radius 3 is 0.642 bits per heavy atom. The molecule has 330 valence electrons. The highest BCUT2D eigenvalue weighted by molar-refractivity contribution is 4.98. The molecule has 1 nitrogen and oxygen atoms in total. The molecular weight excluding hydrogens is 703 g/mol. The van der Waals surface area contributed by atoms with Gasteiger partial charge in [-0.15, -0.1) is 13.2 Å². The van der Waals surface area contributed by atoms with Crippen molar-refractivity contribution in [3.8, 4) is 0 Å². The van der Waals surface area contributed by atoms with Crippen LogP contribution in [0.2, 0.25) is 0 Å². The topological polar surface area (TPSA) is 9.23 Å². The molecule has 1 atom stereocenters. The van der Waals surface area contributed by atoms with E-state index in [0.29, 0.717) is 32.5 Å². The molecule has 0 aromatic heterocycles. The molecule has 10 heteroatoms. The molecule has 0 aliphatic heterocycles. The monoisotopic (exact) mass is 793 g/mol. The summed E-state index contributed by atoms with van der Waals surface area (Å²) in [6, 6.07) is 0. The standard InChI is InChI=1S/2C8H16.C8H18.C7H13F3.C5H9F3O.C5H9F3.2CH4/c2*1-7(2,3)8(4)5-6-8;1-7(2,3)8(4,5)6;1-5(6(2,3)4)7(8,9)10;1-4(2,3)9-5(6,7)8;1-4(2,3)5(6,7)8;;/h2*5-6H2,1-4H3;1-6H3;5H,1-4H3;1-3H3;1-3H3;2*1H4. The minimum atomic E-state index is -4.52. The number of ether oxygens (including phenoxy) is 1. The predicted octanol–water partition coefficient (Wildman–Crippen LogP) is 18.2. The molecule has 0 aromatic rings. The maximum Gasteiger partial charge on any atom is 0.523 e. The van der Waals surface area contributed by atoms with Gasteiger partial charge >= 0.3 is 18.7 Å². The average Bonchev–Trinajstić information content (AvgIpc) is 3.66. The maximum absolute atomic E-state index is 11.9. The Bertz CT molecular complexity index is 802. The first-order valence-corrected chi connectivity index (χ1v) is 18.2. The third-order valence-electron chi connectivity index (χ3n) is 10.9. The first-order valence-electron chi connectivity index (χ1n) is 18.2. The highest BCUT2D eigenvalue weighted by Crippen LogP contribution is 2.58. The van der Waals surface area contributed by atoms with Crippen molar-refractivity contribution in [2.24, 2.45) is 49.2 Å². The van der Waals surface area contributed by atoms with Crippen LogP contribution in [0.25, 0.3) is 0 Å². The van der Waals surface area contributed by atoms with Gasteiger partial charge in [-0.3, -0.25) is 4.74 Å².